The van der Waals surface area contributed by atoms with Crippen molar-refractivity contribution in [3.8, 4) is 23.0 Å². The van der Waals surface area contributed by atoms with Crippen LogP contribution in [0.25, 0.3) is 0 Å². The SMILES string of the molecule is CC(C)NC[C@@H](O)COc1ccccc1OCCCCCCCCCCOc1ccccc1OC[C@@H](O)CNC(C)C. The first kappa shape index (κ1) is 35.7. The lowest BCUT2D eigenvalue weighted by Crippen LogP contribution is -2.35. The smallest absolute Gasteiger partial charge is 0.161 e. The third-order valence-corrected chi connectivity index (χ3v) is 6.64. The van der Waals surface area contributed by atoms with E-state index >= 15 is 0 Å². The minimum absolute atomic E-state index is 0.232. The van der Waals surface area contributed by atoms with Gasteiger partial charge in [0.15, 0.2) is 23.0 Å². The molecule has 2 aromatic rings. The molecule has 2 aromatic carbocycles. The molecular formula is C34H56N2O6. The summed E-state index contributed by atoms with van der Waals surface area (Å²) in [7, 11) is 0. The van der Waals surface area contributed by atoms with Crippen molar-refractivity contribution >= 4 is 0 Å². The Balaban J connectivity index is 1.49. The summed E-state index contributed by atoms with van der Waals surface area (Å²) in [6.07, 6.45) is 8.05. The van der Waals surface area contributed by atoms with Gasteiger partial charge in [-0.3, -0.25) is 0 Å². The number of benzene rings is 2. The predicted molar refractivity (Wildman–Crippen MR) is 170 cm³/mol. The molecule has 0 radical (unpaired) electrons. The molecule has 2 atom stereocenters. The van der Waals surface area contributed by atoms with Crippen LogP contribution in [0.15, 0.2) is 48.5 Å². The van der Waals surface area contributed by atoms with Gasteiger partial charge < -0.3 is 39.8 Å². The zero-order valence-corrected chi connectivity index (χ0v) is 26.4. The molecule has 0 saturated heterocycles. The van der Waals surface area contributed by atoms with Gasteiger partial charge >= 0.3 is 0 Å². The number of unbranched alkanes of at least 4 members (excludes halogenated alkanes) is 7. The molecular weight excluding hydrogens is 532 g/mol. The number of rotatable bonds is 25. The molecule has 0 aliphatic rings. The van der Waals surface area contributed by atoms with Crippen molar-refractivity contribution in [2.75, 3.05) is 39.5 Å². The van der Waals surface area contributed by atoms with E-state index in [1.54, 1.807) is 0 Å². The Morgan fingerprint density at radius 1 is 0.500 bits per heavy atom. The van der Waals surface area contributed by atoms with E-state index in [-0.39, 0.29) is 13.2 Å². The van der Waals surface area contributed by atoms with Gasteiger partial charge in [-0.2, -0.15) is 0 Å². The van der Waals surface area contributed by atoms with Gasteiger partial charge in [-0.25, -0.2) is 0 Å². The lowest BCUT2D eigenvalue weighted by molar-refractivity contribution is 0.102. The zero-order valence-electron chi connectivity index (χ0n) is 26.4. The van der Waals surface area contributed by atoms with Gasteiger partial charge in [0.05, 0.1) is 13.2 Å². The van der Waals surface area contributed by atoms with Crippen molar-refractivity contribution in [1.29, 1.82) is 0 Å². The number of aliphatic hydroxyl groups excluding tert-OH is 2. The first-order valence-electron chi connectivity index (χ1n) is 15.9. The number of nitrogens with one attached hydrogen (secondary N) is 2. The van der Waals surface area contributed by atoms with Crippen molar-refractivity contribution in [2.24, 2.45) is 0 Å². The van der Waals surface area contributed by atoms with Crippen molar-refractivity contribution in [1.82, 2.24) is 10.6 Å². The van der Waals surface area contributed by atoms with Gasteiger partial charge in [0, 0.05) is 25.2 Å². The van der Waals surface area contributed by atoms with E-state index < -0.39 is 12.2 Å². The molecule has 0 aliphatic carbocycles. The average Bonchev–Trinajstić information content (AvgIpc) is 2.98. The van der Waals surface area contributed by atoms with Gasteiger partial charge in [0.25, 0.3) is 0 Å². The molecule has 0 aliphatic heterocycles. The van der Waals surface area contributed by atoms with Gasteiger partial charge in [-0.15, -0.1) is 0 Å². The van der Waals surface area contributed by atoms with Crippen molar-refractivity contribution in [3.63, 3.8) is 0 Å². The second-order valence-electron chi connectivity index (χ2n) is 11.5. The topological polar surface area (TPSA) is 101 Å². The maximum atomic E-state index is 10.1. The molecule has 42 heavy (non-hydrogen) atoms. The molecule has 2 rings (SSSR count). The number of hydrogen-bond acceptors (Lipinski definition) is 8. The molecule has 0 amide bonds. The van der Waals surface area contributed by atoms with E-state index in [0.717, 1.165) is 37.2 Å². The Bertz CT molecular complexity index is 866. The summed E-state index contributed by atoms with van der Waals surface area (Å²) in [6, 6.07) is 16.0. The van der Waals surface area contributed by atoms with Crippen LogP contribution in [-0.2, 0) is 0 Å². The van der Waals surface area contributed by atoms with E-state index in [1.165, 1.54) is 25.7 Å². The summed E-state index contributed by atoms with van der Waals surface area (Å²) in [6.45, 7) is 11.0. The monoisotopic (exact) mass is 588 g/mol. The highest BCUT2D eigenvalue weighted by atomic mass is 16.5. The van der Waals surface area contributed by atoms with Gasteiger partial charge in [0.2, 0.25) is 0 Å². The Labute approximate surface area is 254 Å². The van der Waals surface area contributed by atoms with E-state index in [9.17, 15) is 10.2 Å². The fourth-order valence-electron chi connectivity index (χ4n) is 4.24. The molecule has 0 heterocycles. The van der Waals surface area contributed by atoms with Gasteiger partial charge in [0.1, 0.15) is 25.4 Å². The molecule has 0 aromatic heterocycles. The van der Waals surface area contributed by atoms with Crippen LogP contribution >= 0.6 is 0 Å². The van der Waals surface area contributed by atoms with Crippen molar-refractivity contribution in [3.05, 3.63) is 48.5 Å². The number of hydrogen-bond donors (Lipinski definition) is 4. The Morgan fingerprint density at radius 3 is 1.14 bits per heavy atom. The molecule has 0 spiro atoms. The number of aliphatic hydroxyl groups is 2. The first-order chi connectivity index (χ1) is 20.3. The third-order valence-electron chi connectivity index (χ3n) is 6.64. The van der Waals surface area contributed by atoms with Crippen molar-refractivity contribution in [2.45, 2.75) is 103 Å². The molecule has 8 nitrogen and oxygen atoms in total. The maximum Gasteiger partial charge on any atom is 0.161 e. The minimum atomic E-state index is -0.563. The quantitative estimate of drug-likeness (QED) is 0.109. The van der Waals surface area contributed by atoms with E-state index in [4.69, 9.17) is 18.9 Å². The fourth-order valence-corrected chi connectivity index (χ4v) is 4.24. The molecule has 0 unspecified atom stereocenters. The zero-order chi connectivity index (χ0) is 30.4. The normalized spacial score (nSPS) is 12.9. The van der Waals surface area contributed by atoms with Crippen LogP contribution in [0.2, 0.25) is 0 Å². The molecule has 0 saturated carbocycles. The second-order valence-corrected chi connectivity index (χ2v) is 11.5. The lowest BCUT2D eigenvalue weighted by atomic mass is 10.1. The summed E-state index contributed by atoms with van der Waals surface area (Å²) < 4.78 is 23.6. The molecule has 4 N–H and O–H groups in total. The number of ether oxygens (including phenoxy) is 4. The van der Waals surface area contributed by atoms with Gasteiger partial charge in [-0.1, -0.05) is 90.5 Å². The van der Waals surface area contributed by atoms with Crippen LogP contribution in [-0.4, -0.2) is 74.0 Å². The highest BCUT2D eigenvalue weighted by Crippen LogP contribution is 2.28. The molecule has 8 heteroatoms. The van der Waals surface area contributed by atoms with E-state index in [2.05, 4.69) is 38.3 Å². The fraction of sp³-hybridized carbons (Fsp3) is 0.647. The third kappa shape index (κ3) is 16.8. The lowest BCUT2D eigenvalue weighted by Gasteiger charge is -2.17. The number of para-hydroxylation sites is 4. The summed E-state index contributed by atoms with van der Waals surface area (Å²) >= 11 is 0. The first-order valence-corrected chi connectivity index (χ1v) is 15.9. The predicted octanol–water partition coefficient (Wildman–Crippen LogP) is 5.74. The van der Waals surface area contributed by atoms with E-state index in [1.807, 2.05) is 48.5 Å². The van der Waals surface area contributed by atoms with E-state index in [0.29, 0.717) is 49.9 Å². The summed E-state index contributed by atoms with van der Waals surface area (Å²) in [5.41, 5.74) is 0. The largest absolute Gasteiger partial charge is 0.490 e. The van der Waals surface area contributed by atoms with Crippen molar-refractivity contribution < 1.29 is 29.2 Å². The van der Waals surface area contributed by atoms with Crippen LogP contribution in [0, 0.1) is 0 Å². The minimum Gasteiger partial charge on any atom is -0.490 e. The average molecular weight is 589 g/mol. The molecule has 0 fully saturated rings. The highest BCUT2D eigenvalue weighted by Gasteiger charge is 2.11. The van der Waals surface area contributed by atoms with Crippen LogP contribution in [0.1, 0.15) is 79.1 Å². The molecule has 0 bridgehead atoms. The summed E-state index contributed by atoms with van der Waals surface area (Å²) in [4.78, 5) is 0. The van der Waals surface area contributed by atoms with Crippen LogP contribution in [0.3, 0.4) is 0 Å². The van der Waals surface area contributed by atoms with Crippen LogP contribution < -0.4 is 29.6 Å². The standard InChI is InChI=1S/C34H56N2O6/c1-27(2)35-23-29(37)25-41-33-19-13-11-17-31(33)39-21-15-9-7-5-6-8-10-16-22-40-32-18-12-14-20-34(32)42-26-30(38)24-36-28(3)4/h11-14,17-20,27-30,35-38H,5-10,15-16,21-26H2,1-4H3/t29-,30+. The Kier molecular flexibility index (Phi) is 18.8. The summed E-state index contributed by atoms with van der Waals surface area (Å²) in [5, 5.41) is 26.6. The Hall–Kier alpha value is -2.52. The Morgan fingerprint density at radius 2 is 0.810 bits per heavy atom. The summed E-state index contributed by atoms with van der Waals surface area (Å²) in [5.74, 6) is 2.81. The van der Waals surface area contributed by atoms with Crippen LogP contribution in [0.5, 0.6) is 23.0 Å². The highest BCUT2D eigenvalue weighted by molar-refractivity contribution is 5.40. The maximum absolute atomic E-state index is 10.1. The van der Waals surface area contributed by atoms with Gasteiger partial charge in [-0.05, 0) is 37.1 Å². The second kappa shape index (κ2) is 22.1. The molecule has 238 valence electrons. The van der Waals surface area contributed by atoms with Crippen LogP contribution in [0.4, 0.5) is 0 Å².